The van der Waals surface area contributed by atoms with Gasteiger partial charge in [-0.2, -0.15) is 0 Å². The molecule has 3 aliphatic carbocycles. The van der Waals surface area contributed by atoms with Gasteiger partial charge in [0.2, 0.25) is 0 Å². The molecule has 2 atom stereocenters. The average Bonchev–Trinajstić information content (AvgIpc) is 2.38. The summed E-state index contributed by atoms with van der Waals surface area (Å²) < 4.78 is 0. The molecule has 17 heavy (non-hydrogen) atoms. The van der Waals surface area contributed by atoms with Crippen molar-refractivity contribution in [2.45, 2.75) is 18.8 Å². The maximum Gasteiger partial charge on any atom is 0.0238 e. The minimum atomic E-state index is 0.487. The van der Waals surface area contributed by atoms with Crippen LogP contribution in [-0.4, -0.2) is 0 Å². The van der Waals surface area contributed by atoms with E-state index in [1.165, 1.54) is 27.1 Å². The second-order valence-corrected chi connectivity index (χ2v) is 5.09. The number of hydrogen-bond acceptors (Lipinski definition) is 0. The van der Waals surface area contributed by atoms with Crippen molar-refractivity contribution in [3.05, 3.63) is 69.7 Å². The van der Waals surface area contributed by atoms with Crippen LogP contribution in [0.3, 0.4) is 0 Å². The summed E-state index contributed by atoms with van der Waals surface area (Å²) in [6.07, 6.45) is 15.9. The van der Waals surface area contributed by atoms with Crippen LogP contribution in [0.2, 0.25) is 0 Å². The Balaban J connectivity index is 2.19. The molecule has 4 rings (SSSR count). The van der Waals surface area contributed by atoms with E-state index in [1.807, 2.05) is 0 Å². The Morgan fingerprint density at radius 1 is 0.824 bits per heavy atom. The van der Waals surface area contributed by atoms with Crippen molar-refractivity contribution >= 4 is 12.2 Å². The van der Waals surface area contributed by atoms with Gasteiger partial charge < -0.3 is 0 Å². The van der Waals surface area contributed by atoms with E-state index < -0.39 is 0 Å². The van der Waals surface area contributed by atoms with Crippen molar-refractivity contribution in [3.63, 3.8) is 0 Å². The van der Waals surface area contributed by atoms with Gasteiger partial charge >= 0.3 is 0 Å². The maximum atomic E-state index is 2.37. The Bertz CT molecular complexity index is 711. The summed E-state index contributed by atoms with van der Waals surface area (Å²) in [6.45, 7) is 2.23. The zero-order chi connectivity index (χ0) is 11.4. The van der Waals surface area contributed by atoms with Crippen LogP contribution in [0.4, 0.5) is 0 Å². The number of rotatable bonds is 0. The lowest BCUT2D eigenvalue weighted by Crippen LogP contribution is -2.30. The number of hydrogen-bond donors (Lipinski definition) is 0. The summed E-state index contributed by atoms with van der Waals surface area (Å²) in [7, 11) is 0. The Morgan fingerprint density at radius 2 is 1.65 bits per heavy atom. The third kappa shape index (κ3) is 1.13. The van der Waals surface area contributed by atoms with Crippen LogP contribution < -0.4 is 10.4 Å². The molecule has 0 nitrogen and oxygen atoms in total. The van der Waals surface area contributed by atoms with Crippen molar-refractivity contribution in [2.75, 3.05) is 0 Å². The number of allylic oxidation sites excluding steroid dienone is 6. The first-order valence-corrected chi connectivity index (χ1v) is 6.23. The van der Waals surface area contributed by atoms with Crippen LogP contribution in [0.1, 0.15) is 29.9 Å². The summed E-state index contributed by atoms with van der Waals surface area (Å²) in [5.41, 5.74) is 4.52. The van der Waals surface area contributed by atoms with Crippen LogP contribution in [-0.2, 0) is 0 Å². The summed E-state index contributed by atoms with van der Waals surface area (Å²) >= 11 is 0. The Kier molecular flexibility index (Phi) is 1.69. The van der Waals surface area contributed by atoms with Gasteiger partial charge in [-0.15, -0.1) is 0 Å². The van der Waals surface area contributed by atoms with Gasteiger partial charge in [-0.3, -0.25) is 0 Å². The SMILES string of the molecule is CC1=CC=c2ccc3c4c2C1C=CC4C=CC=3. The fraction of sp³-hybridized carbons (Fsp3) is 0.176. The van der Waals surface area contributed by atoms with E-state index in [2.05, 4.69) is 61.6 Å². The largest absolute Gasteiger partial charge is 0.0763 e. The molecule has 0 fully saturated rings. The van der Waals surface area contributed by atoms with Gasteiger partial charge in [0.15, 0.2) is 0 Å². The predicted octanol–water partition coefficient (Wildman–Crippen LogP) is 2.51. The van der Waals surface area contributed by atoms with E-state index in [1.54, 1.807) is 0 Å². The van der Waals surface area contributed by atoms with E-state index in [0.29, 0.717) is 11.8 Å². The van der Waals surface area contributed by atoms with Crippen molar-refractivity contribution in [3.8, 4) is 0 Å². The van der Waals surface area contributed by atoms with Gasteiger partial charge in [-0.1, -0.05) is 60.2 Å². The van der Waals surface area contributed by atoms with Gasteiger partial charge in [-0.25, -0.2) is 0 Å². The molecule has 0 radical (unpaired) electrons. The molecule has 1 aromatic rings. The molecule has 0 saturated heterocycles. The van der Waals surface area contributed by atoms with Crippen molar-refractivity contribution in [2.24, 2.45) is 0 Å². The van der Waals surface area contributed by atoms with Crippen LogP contribution in [0.15, 0.2) is 48.1 Å². The quantitative estimate of drug-likeness (QED) is 0.587. The van der Waals surface area contributed by atoms with Crippen LogP contribution in [0.5, 0.6) is 0 Å². The van der Waals surface area contributed by atoms with E-state index in [0.717, 1.165) is 0 Å². The predicted molar refractivity (Wildman–Crippen MR) is 72.1 cm³/mol. The van der Waals surface area contributed by atoms with E-state index in [-0.39, 0.29) is 0 Å². The molecule has 3 aliphatic rings. The van der Waals surface area contributed by atoms with Crippen LogP contribution in [0, 0.1) is 0 Å². The molecule has 0 bridgehead atoms. The first-order valence-electron chi connectivity index (χ1n) is 6.23. The van der Waals surface area contributed by atoms with E-state index >= 15 is 0 Å². The first-order chi connectivity index (χ1) is 8.34. The van der Waals surface area contributed by atoms with Gasteiger partial charge in [0.05, 0.1) is 0 Å². The molecule has 82 valence electrons. The van der Waals surface area contributed by atoms with Gasteiger partial charge in [0, 0.05) is 11.8 Å². The van der Waals surface area contributed by atoms with Crippen molar-refractivity contribution in [1.29, 1.82) is 0 Å². The minimum absolute atomic E-state index is 0.487. The van der Waals surface area contributed by atoms with Gasteiger partial charge in [0.25, 0.3) is 0 Å². The molecule has 0 saturated carbocycles. The normalized spacial score (nSPS) is 26.8. The monoisotopic (exact) mass is 218 g/mol. The molecule has 0 aromatic heterocycles. The summed E-state index contributed by atoms with van der Waals surface area (Å²) in [5.74, 6) is 0.988. The lowest BCUT2D eigenvalue weighted by Gasteiger charge is -2.30. The third-order valence-electron chi connectivity index (χ3n) is 4.12. The Labute approximate surface area is 101 Å². The highest BCUT2D eigenvalue weighted by Crippen LogP contribution is 2.36. The molecule has 0 aliphatic heterocycles. The van der Waals surface area contributed by atoms with Gasteiger partial charge in [0.1, 0.15) is 0 Å². The Hall–Kier alpha value is -1.82. The van der Waals surface area contributed by atoms with E-state index in [4.69, 9.17) is 0 Å². The zero-order valence-corrected chi connectivity index (χ0v) is 9.85. The second-order valence-electron chi connectivity index (χ2n) is 5.09. The van der Waals surface area contributed by atoms with Crippen molar-refractivity contribution in [1.82, 2.24) is 0 Å². The third-order valence-corrected chi connectivity index (χ3v) is 4.12. The second kappa shape index (κ2) is 3.10. The van der Waals surface area contributed by atoms with Gasteiger partial charge in [-0.05, 0) is 28.5 Å². The molecular weight excluding hydrogens is 204 g/mol. The van der Waals surface area contributed by atoms with E-state index in [9.17, 15) is 0 Å². The fourth-order valence-corrected chi connectivity index (χ4v) is 3.25. The summed E-state index contributed by atoms with van der Waals surface area (Å²) in [5, 5.41) is 2.80. The Morgan fingerprint density at radius 3 is 2.53 bits per heavy atom. The molecule has 0 heteroatoms. The topological polar surface area (TPSA) is 0 Å². The average molecular weight is 218 g/mol. The maximum absolute atomic E-state index is 2.37. The lowest BCUT2D eigenvalue weighted by atomic mass is 9.74. The smallest absolute Gasteiger partial charge is 0.0238 e. The molecular formula is C17H14. The van der Waals surface area contributed by atoms with Crippen LogP contribution >= 0.6 is 0 Å². The molecule has 0 N–H and O–H groups in total. The zero-order valence-electron chi connectivity index (χ0n) is 9.85. The van der Waals surface area contributed by atoms with Crippen molar-refractivity contribution < 1.29 is 0 Å². The lowest BCUT2D eigenvalue weighted by molar-refractivity contribution is 0.865. The standard InChI is InChI=1S/C17H14/c1-11-5-6-14-8-7-12-3-2-4-13-9-10-15(11)17(14)16(12)13/h2-10,13,15H,1H3. The van der Waals surface area contributed by atoms with Crippen LogP contribution in [0.25, 0.3) is 12.2 Å². The molecule has 0 heterocycles. The summed E-state index contributed by atoms with van der Waals surface area (Å²) in [4.78, 5) is 0. The molecule has 0 amide bonds. The molecule has 0 spiro atoms. The highest BCUT2D eigenvalue weighted by molar-refractivity contribution is 5.61. The molecule has 1 aromatic carbocycles. The highest BCUT2D eigenvalue weighted by atomic mass is 14.3. The molecule has 2 unspecified atom stereocenters. The number of benzene rings is 1. The summed E-state index contributed by atoms with van der Waals surface area (Å²) in [6, 6.07) is 4.52. The highest BCUT2D eigenvalue weighted by Gasteiger charge is 2.26. The first kappa shape index (κ1) is 9.23. The fourth-order valence-electron chi connectivity index (χ4n) is 3.25. The minimum Gasteiger partial charge on any atom is -0.0763 e.